The van der Waals surface area contributed by atoms with Crippen molar-refractivity contribution in [2.45, 2.75) is 45.7 Å². The number of amides is 2. The number of nitrogens with one attached hydrogen (secondary N) is 2. The highest BCUT2D eigenvalue weighted by molar-refractivity contribution is 5.78. The zero-order chi connectivity index (χ0) is 17.7. The fraction of sp³-hybridized carbons (Fsp3) is 0.692. The maximum atomic E-state index is 11.3. The Labute approximate surface area is 129 Å². The molecule has 0 fully saturated rings. The van der Waals surface area contributed by atoms with E-state index in [9.17, 15) is 19.2 Å². The Hall–Kier alpha value is -2.16. The molecule has 0 aliphatic heterocycles. The van der Waals surface area contributed by atoms with Gasteiger partial charge in [0.15, 0.2) is 0 Å². The van der Waals surface area contributed by atoms with Crippen molar-refractivity contribution in [1.29, 1.82) is 0 Å². The lowest BCUT2D eigenvalue weighted by molar-refractivity contribution is -0.139. The zero-order valence-corrected chi connectivity index (χ0v) is 13.0. The molecule has 0 rings (SSSR count). The van der Waals surface area contributed by atoms with Gasteiger partial charge in [-0.2, -0.15) is 0 Å². The van der Waals surface area contributed by atoms with Gasteiger partial charge in [-0.15, -0.1) is 0 Å². The summed E-state index contributed by atoms with van der Waals surface area (Å²) in [6.45, 7) is 5.63. The molecule has 0 saturated heterocycles. The van der Waals surface area contributed by atoms with E-state index in [4.69, 9.17) is 15.9 Å². The summed E-state index contributed by atoms with van der Waals surface area (Å²) in [5.41, 5.74) is 5.28. The van der Waals surface area contributed by atoms with Gasteiger partial charge in [0.1, 0.15) is 12.6 Å². The number of rotatable bonds is 9. The van der Waals surface area contributed by atoms with Crippen LogP contribution in [0.1, 0.15) is 33.6 Å². The number of hydrogen-bond donors (Lipinski definition) is 5. The lowest BCUT2D eigenvalue weighted by Crippen LogP contribution is -2.38. The summed E-state index contributed by atoms with van der Waals surface area (Å²) in [5.74, 6) is -1.89. The average molecular weight is 319 g/mol. The third-order valence-electron chi connectivity index (χ3n) is 2.72. The smallest absolute Gasteiger partial charge is 0.322 e. The molecule has 0 aromatic heterocycles. The fourth-order valence-electron chi connectivity index (χ4n) is 1.03. The first-order valence-electron chi connectivity index (χ1n) is 6.78. The molecule has 0 aliphatic rings. The third-order valence-corrected chi connectivity index (χ3v) is 2.72. The lowest BCUT2D eigenvalue weighted by atomic mass is 10.1. The second-order valence-electron chi connectivity index (χ2n) is 4.98. The van der Waals surface area contributed by atoms with Crippen LogP contribution in [0.4, 0.5) is 0 Å². The standard InChI is InChI=1S/C10H20N2O3.C3H5NO3/c1-6(2)7(3)12-9(13)5-4-8(11)10(14)15;5-2-4-1-3(6)7/h6-8H,4-5,11H2,1-3H3,(H,12,13)(H,14,15);2H,1H2,(H,4,5)(H,6,7). The lowest BCUT2D eigenvalue weighted by Gasteiger charge is -2.17. The van der Waals surface area contributed by atoms with Gasteiger partial charge in [-0.1, -0.05) is 13.8 Å². The van der Waals surface area contributed by atoms with E-state index in [1.165, 1.54) is 0 Å². The van der Waals surface area contributed by atoms with Gasteiger partial charge in [-0.05, 0) is 19.3 Å². The topological polar surface area (TPSA) is 159 Å². The van der Waals surface area contributed by atoms with Crippen LogP contribution in [0.5, 0.6) is 0 Å². The predicted octanol–water partition coefficient (Wildman–Crippen LogP) is -0.844. The van der Waals surface area contributed by atoms with Gasteiger partial charge in [0, 0.05) is 12.5 Å². The number of carboxylic acid groups (broad SMARTS) is 2. The number of carbonyl (C=O) groups excluding carboxylic acids is 2. The molecule has 2 atom stereocenters. The molecule has 2 amide bonds. The summed E-state index contributed by atoms with van der Waals surface area (Å²) in [7, 11) is 0. The summed E-state index contributed by atoms with van der Waals surface area (Å²) in [4.78, 5) is 40.6. The van der Waals surface area contributed by atoms with Crippen LogP contribution in [0.15, 0.2) is 0 Å². The summed E-state index contributed by atoms with van der Waals surface area (Å²) < 4.78 is 0. The van der Waals surface area contributed by atoms with Gasteiger partial charge >= 0.3 is 11.9 Å². The predicted molar refractivity (Wildman–Crippen MR) is 79.0 cm³/mol. The molecule has 0 saturated carbocycles. The van der Waals surface area contributed by atoms with E-state index in [0.717, 1.165) is 0 Å². The Morgan fingerprint density at radius 2 is 1.73 bits per heavy atom. The van der Waals surface area contributed by atoms with Crippen LogP contribution in [0, 0.1) is 5.92 Å². The molecular formula is C13H25N3O6. The van der Waals surface area contributed by atoms with Gasteiger partial charge < -0.3 is 26.6 Å². The van der Waals surface area contributed by atoms with Gasteiger partial charge in [0.2, 0.25) is 12.3 Å². The minimum absolute atomic E-state index is 0.0959. The Morgan fingerprint density at radius 3 is 2.05 bits per heavy atom. The molecule has 9 nitrogen and oxygen atoms in total. The Balaban J connectivity index is 0. The van der Waals surface area contributed by atoms with Crippen LogP contribution < -0.4 is 16.4 Å². The monoisotopic (exact) mass is 319 g/mol. The molecule has 0 aromatic carbocycles. The van der Waals surface area contributed by atoms with E-state index in [2.05, 4.69) is 5.32 Å². The van der Waals surface area contributed by atoms with Crippen LogP contribution in [0.2, 0.25) is 0 Å². The van der Waals surface area contributed by atoms with E-state index in [1.54, 1.807) is 0 Å². The highest BCUT2D eigenvalue weighted by Crippen LogP contribution is 2.01. The number of hydrogen-bond acceptors (Lipinski definition) is 5. The van der Waals surface area contributed by atoms with Crippen LogP contribution in [0.3, 0.4) is 0 Å². The van der Waals surface area contributed by atoms with Crippen molar-refractivity contribution in [3.63, 3.8) is 0 Å². The van der Waals surface area contributed by atoms with Crippen molar-refractivity contribution in [2.24, 2.45) is 11.7 Å². The average Bonchev–Trinajstić information content (AvgIpc) is 2.42. The normalized spacial score (nSPS) is 12.4. The largest absolute Gasteiger partial charge is 0.480 e. The van der Waals surface area contributed by atoms with Crippen LogP contribution in [-0.2, 0) is 19.2 Å². The third kappa shape index (κ3) is 14.3. The highest BCUT2D eigenvalue weighted by Gasteiger charge is 2.15. The Bertz CT molecular complexity index is 373. The molecular weight excluding hydrogens is 294 g/mol. The molecule has 0 heterocycles. The molecule has 0 radical (unpaired) electrons. The van der Waals surface area contributed by atoms with Gasteiger partial charge in [-0.3, -0.25) is 19.2 Å². The van der Waals surface area contributed by atoms with Gasteiger partial charge in [-0.25, -0.2) is 0 Å². The number of carboxylic acids is 2. The van der Waals surface area contributed by atoms with E-state index in [-0.39, 0.29) is 31.3 Å². The minimum Gasteiger partial charge on any atom is -0.480 e. The molecule has 0 aliphatic carbocycles. The molecule has 0 bridgehead atoms. The van der Waals surface area contributed by atoms with Crippen molar-refractivity contribution in [1.82, 2.24) is 10.6 Å². The van der Waals surface area contributed by atoms with Gasteiger partial charge in [0.25, 0.3) is 0 Å². The molecule has 2 unspecified atom stereocenters. The zero-order valence-electron chi connectivity index (χ0n) is 13.0. The number of aliphatic carboxylic acids is 2. The second-order valence-corrected chi connectivity index (χ2v) is 4.98. The second kappa shape index (κ2) is 12.6. The number of carbonyl (C=O) groups is 4. The highest BCUT2D eigenvalue weighted by atomic mass is 16.4. The SMILES string of the molecule is CC(C)C(C)NC(=O)CCC(N)C(=O)O.O=CNCC(=O)O. The summed E-state index contributed by atoms with van der Waals surface area (Å²) >= 11 is 0. The molecule has 0 aromatic rings. The summed E-state index contributed by atoms with van der Waals surface area (Å²) in [6.07, 6.45) is 0.671. The maximum Gasteiger partial charge on any atom is 0.322 e. The fourth-order valence-corrected chi connectivity index (χ4v) is 1.03. The molecule has 6 N–H and O–H groups in total. The van der Waals surface area contributed by atoms with Crippen LogP contribution >= 0.6 is 0 Å². The first-order valence-corrected chi connectivity index (χ1v) is 6.78. The van der Waals surface area contributed by atoms with E-state index in [1.807, 2.05) is 26.1 Å². The Morgan fingerprint density at radius 1 is 1.18 bits per heavy atom. The van der Waals surface area contributed by atoms with Gasteiger partial charge in [0.05, 0.1) is 0 Å². The van der Waals surface area contributed by atoms with Crippen LogP contribution in [-0.4, -0.2) is 53.1 Å². The van der Waals surface area contributed by atoms with E-state index < -0.39 is 18.0 Å². The van der Waals surface area contributed by atoms with Crippen molar-refractivity contribution in [2.75, 3.05) is 6.54 Å². The van der Waals surface area contributed by atoms with Crippen molar-refractivity contribution < 1.29 is 29.4 Å². The summed E-state index contributed by atoms with van der Waals surface area (Å²) in [6, 6.07) is -0.858. The van der Waals surface area contributed by atoms with Crippen LogP contribution in [0.25, 0.3) is 0 Å². The van der Waals surface area contributed by atoms with E-state index in [0.29, 0.717) is 12.3 Å². The molecule has 0 spiro atoms. The minimum atomic E-state index is -1.07. The van der Waals surface area contributed by atoms with Crippen molar-refractivity contribution in [3.8, 4) is 0 Å². The van der Waals surface area contributed by atoms with Crippen molar-refractivity contribution >= 4 is 24.3 Å². The first kappa shape index (κ1) is 22.1. The summed E-state index contributed by atoms with van der Waals surface area (Å²) in [5, 5.41) is 21.1. The molecule has 9 heteroatoms. The number of nitrogens with two attached hydrogens (primary N) is 1. The Kier molecular flexibility index (Phi) is 12.6. The van der Waals surface area contributed by atoms with E-state index >= 15 is 0 Å². The van der Waals surface area contributed by atoms with Crippen molar-refractivity contribution in [3.05, 3.63) is 0 Å². The molecule has 22 heavy (non-hydrogen) atoms. The maximum absolute atomic E-state index is 11.3. The first-order chi connectivity index (χ1) is 10.1. The quantitative estimate of drug-likeness (QED) is 0.346. The molecule has 128 valence electrons.